The standard InChI is InChI=1S/C23H28ClNO5/c1-28-21-5-3-15(11-22(21)29-2)19(27)14-25-9-7-23(8-10-25)13-18(26)17-12-16(24)4-6-20(17)30-23/h3-6,11-12,18-19,26-27H,7-10,13-14H2,1-2H3/t18-,19+/m1/s1. The fourth-order valence-electron chi connectivity index (χ4n) is 4.47. The van der Waals surface area contributed by atoms with Crippen molar-refractivity contribution in [2.45, 2.75) is 37.1 Å². The van der Waals surface area contributed by atoms with Crippen LogP contribution in [0.3, 0.4) is 0 Å². The van der Waals surface area contributed by atoms with E-state index in [0.717, 1.165) is 42.8 Å². The summed E-state index contributed by atoms with van der Waals surface area (Å²) in [7, 11) is 3.18. The van der Waals surface area contributed by atoms with Gasteiger partial charge in [0.05, 0.1) is 26.4 Å². The minimum Gasteiger partial charge on any atom is -0.493 e. The van der Waals surface area contributed by atoms with Gasteiger partial charge in [-0.2, -0.15) is 0 Å². The zero-order valence-corrected chi connectivity index (χ0v) is 18.1. The normalized spacial score (nSPS) is 21.6. The summed E-state index contributed by atoms with van der Waals surface area (Å²) in [5, 5.41) is 22.0. The molecule has 30 heavy (non-hydrogen) atoms. The summed E-state index contributed by atoms with van der Waals surface area (Å²) in [6.07, 6.45) is 0.957. The molecule has 2 aromatic carbocycles. The molecule has 4 rings (SSSR count). The summed E-state index contributed by atoms with van der Waals surface area (Å²) in [6, 6.07) is 10.9. The largest absolute Gasteiger partial charge is 0.493 e. The van der Waals surface area contributed by atoms with E-state index in [4.69, 9.17) is 25.8 Å². The number of halogens is 1. The number of hydrogen-bond donors (Lipinski definition) is 2. The first-order valence-corrected chi connectivity index (χ1v) is 10.6. The van der Waals surface area contributed by atoms with E-state index in [1.165, 1.54) is 0 Å². The van der Waals surface area contributed by atoms with E-state index in [1.54, 1.807) is 26.4 Å². The molecule has 6 nitrogen and oxygen atoms in total. The van der Waals surface area contributed by atoms with Crippen LogP contribution in [0, 0.1) is 0 Å². The smallest absolute Gasteiger partial charge is 0.161 e. The van der Waals surface area contributed by atoms with Crippen LogP contribution in [0.1, 0.15) is 42.6 Å². The number of piperidine rings is 1. The quantitative estimate of drug-likeness (QED) is 0.748. The molecule has 1 spiro atoms. The minimum atomic E-state index is -0.625. The summed E-state index contributed by atoms with van der Waals surface area (Å²) in [4.78, 5) is 2.24. The number of likely N-dealkylation sites (tertiary alicyclic amines) is 1. The molecule has 162 valence electrons. The Balaban J connectivity index is 1.39. The first-order valence-electron chi connectivity index (χ1n) is 10.2. The maximum atomic E-state index is 10.7. The van der Waals surface area contributed by atoms with Gasteiger partial charge in [0.25, 0.3) is 0 Å². The topological polar surface area (TPSA) is 71.4 Å². The van der Waals surface area contributed by atoms with Crippen LogP contribution in [-0.4, -0.2) is 54.6 Å². The number of β-amino-alcohol motifs (C(OH)–C–C–N with tert-alkyl or cyclic N) is 1. The molecule has 2 heterocycles. The maximum absolute atomic E-state index is 10.7. The third-order valence-corrected chi connectivity index (χ3v) is 6.45. The lowest BCUT2D eigenvalue weighted by Crippen LogP contribution is -2.51. The van der Waals surface area contributed by atoms with Gasteiger partial charge in [-0.3, -0.25) is 0 Å². The summed E-state index contributed by atoms with van der Waals surface area (Å²) < 4.78 is 16.9. The van der Waals surface area contributed by atoms with Gasteiger partial charge in [0.2, 0.25) is 0 Å². The van der Waals surface area contributed by atoms with Crippen LogP contribution in [-0.2, 0) is 0 Å². The Kier molecular flexibility index (Phi) is 6.11. The zero-order valence-electron chi connectivity index (χ0n) is 17.3. The van der Waals surface area contributed by atoms with Crippen molar-refractivity contribution in [2.75, 3.05) is 33.9 Å². The Bertz CT molecular complexity index is 897. The number of rotatable bonds is 5. The van der Waals surface area contributed by atoms with Crippen molar-refractivity contribution in [3.8, 4) is 17.2 Å². The van der Waals surface area contributed by atoms with Gasteiger partial charge >= 0.3 is 0 Å². The summed E-state index contributed by atoms with van der Waals surface area (Å²) in [6.45, 7) is 2.11. The van der Waals surface area contributed by atoms with Gasteiger partial charge in [-0.1, -0.05) is 17.7 Å². The fraction of sp³-hybridized carbons (Fsp3) is 0.478. The SMILES string of the molecule is COc1ccc([C@@H](O)CN2CCC3(CC2)C[C@@H](O)c2cc(Cl)ccc2O3)cc1OC. The molecule has 0 amide bonds. The van der Waals surface area contributed by atoms with E-state index < -0.39 is 12.2 Å². The highest BCUT2D eigenvalue weighted by Crippen LogP contribution is 2.45. The molecule has 2 atom stereocenters. The maximum Gasteiger partial charge on any atom is 0.161 e. The summed E-state index contributed by atoms with van der Waals surface area (Å²) in [5.74, 6) is 1.97. The Morgan fingerprint density at radius 1 is 1.13 bits per heavy atom. The van der Waals surface area contributed by atoms with E-state index in [-0.39, 0.29) is 5.60 Å². The second kappa shape index (κ2) is 8.63. The predicted molar refractivity (Wildman–Crippen MR) is 115 cm³/mol. The number of nitrogens with zero attached hydrogens (tertiary/aromatic N) is 1. The molecule has 0 unspecified atom stereocenters. The third kappa shape index (κ3) is 4.23. The molecule has 1 saturated heterocycles. The molecule has 0 bridgehead atoms. The van der Waals surface area contributed by atoms with Gasteiger partial charge in [-0.15, -0.1) is 0 Å². The number of fused-ring (bicyclic) bond motifs is 1. The monoisotopic (exact) mass is 433 g/mol. The van der Waals surface area contributed by atoms with Gasteiger partial charge in [0, 0.05) is 36.6 Å². The Morgan fingerprint density at radius 3 is 2.57 bits per heavy atom. The Hall–Kier alpha value is -1.99. The number of aliphatic hydroxyl groups is 2. The van der Waals surface area contributed by atoms with Gasteiger partial charge in [0.15, 0.2) is 11.5 Å². The molecule has 0 saturated carbocycles. The number of hydrogen-bond acceptors (Lipinski definition) is 6. The average Bonchev–Trinajstić information content (AvgIpc) is 2.75. The first-order chi connectivity index (χ1) is 14.4. The van der Waals surface area contributed by atoms with Crippen LogP contribution in [0.2, 0.25) is 5.02 Å². The number of aliphatic hydroxyl groups excluding tert-OH is 2. The van der Waals surface area contributed by atoms with Crippen LogP contribution in [0.4, 0.5) is 0 Å². The number of methoxy groups -OCH3 is 2. The van der Waals surface area contributed by atoms with Crippen LogP contribution in [0.15, 0.2) is 36.4 Å². The van der Waals surface area contributed by atoms with Crippen LogP contribution in [0.25, 0.3) is 0 Å². The number of ether oxygens (including phenoxy) is 3. The van der Waals surface area contributed by atoms with E-state index in [2.05, 4.69) is 4.90 Å². The van der Waals surface area contributed by atoms with Gasteiger partial charge < -0.3 is 29.3 Å². The first kappa shape index (κ1) is 21.2. The van der Waals surface area contributed by atoms with Gasteiger partial charge in [-0.05, 0) is 48.7 Å². The third-order valence-electron chi connectivity index (χ3n) is 6.21. The van der Waals surface area contributed by atoms with E-state index in [0.29, 0.717) is 29.5 Å². The molecular weight excluding hydrogens is 406 g/mol. The lowest BCUT2D eigenvalue weighted by atomic mass is 9.81. The predicted octanol–water partition coefficient (Wildman–Crippen LogP) is 3.74. The second-order valence-electron chi connectivity index (χ2n) is 8.12. The number of benzene rings is 2. The van der Waals surface area contributed by atoms with E-state index in [9.17, 15) is 10.2 Å². The van der Waals surface area contributed by atoms with Crippen LogP contribution >= 0.6 is 11.6 Å². The Morgan fingerprint density at radius 2 is 1.87 bits per heavy atom. The molecule has 1 fully saturated rings. The lowest BCUT2D eigenvalue weighted by molar-refractivity contribution is -0.0587. The molecule has 2 aliphatic rings. The van der Waals surface area contributed by atoms with Crippen molar-refractivity contribution < 1.29 is 24.4 Å². The van der Waals surface area contributed by atoms with Crippen molar-refractivity contribution in [3.63, 3.8) is 0 Å². The molecule has 2 aromatic rings. The molecule has 2 N–H and O–H groups in total. The molecule has 0 radical (unpaired) electrons. The Labute approximate surface area is 181 Å². The van der Waals surface area contributed by atoms with Crippen molar-refractivity contribution in [2.24, 2.45) is 0 Å². The van der Waals surface area contributed by atoms with Gasteiger partial charge in [0.1, 0.15) is 11.4 Å². The summed E-state index contributed by atoms with van der Waals surface area (Å²) >= 11 is 6.06. The van der Waals surface area contributed by atoms with Gasteiger partial charge in [-0.25, -0.2) is 0 Å². The van der Waals surface area contributed by atoms with E-state index >= 15 is 0 Å². The molecule has 2 aliphatic heterocycles. The highest BCUT2D eigenvalue weighted by Gasteiger charge is 2.43. The summed E-state index contributed by atoms with van der Waals surface area (Å²) in [5.41, 5.74) is 1.19. The zero-order chi connectivity index (χ0) is 21.3. The molecule has 7 heteroatoms. The average molecular weight is 434 g/mol. The highest BCUT2D eigenvalue weighted by molar-refractivity contribution is 6.30. The van der Waals surface area contributed by atoms with Crippen molar-refractivity contribution >= 4 is 11.6 Å². The molecule has 0 aromatic heterocycles. The lowest BCUT2D eigenvalue weighted by Gasteiger charge is -2.46. The second-order valence-corrected chi connectivity index (χ2v) is 8.55. The fourth-order valence-corrected chi connectivity index (χ4v) is 4.65. The van der Waals surface area contributed by atoms with E-state index in [1.807, 2.05) is 24.3 Å². The van der Waals surface area contributed by atoms with Crippen molar-refractivity contribution in [3.05, 3.63) is 52.5 Å². The van der Waals surface area contributed by atoms with Crippen LogP contribution in [0.5, 0.6) is 17.2 Å². The molecule has 0 aliphatic carbocycles. The van der Waals surface area contributed by atoms with Crippen molar-refractivity contribution in [1.82, 2.24) is 4.90 Å². The minimum absolute atomic E-state index is 0.370. The highest BCUT2D eigenvalue weighted by atomic mass is 35.5. The molecular formula is C23H28ClNO5. The van der Waals surface area contributed by atoms with Crippen LogP contribution < -0.4 is 14.2 Å². The van der Waals surface area contributed by atoms with Crippen molar-refractivity contribution in [1.29, 1.82) is 0 Å².